The first-order chi connectivity index (χ1) is 7.02. The van der Waals surface area contributed by atoms with Gasteiger partial charge >= 0.3 is 0 Å². The minimum absolute atomic E-state index is 0.385. The highest BCUT2D eigenvalue weighted by atomic mass is 15.1. The van der Waals surface area contributed by atoms with E-state index < -0.39 is 0 Å². The van der Waals surface area contributed by atoms with Gasteiger partial charge in [0.15, 0.2) is 0 Å². The second-order valence-electron chi connectivity index (χ2n) is 4.16. The van der Waals surface area contributed by atoms with Gasteiger partial charge in [-0.25, -0.2) is 0 Å². The van der Waals surface area contributed by atoms with Gasteiger partial charge in [-0.1, -0.05) is 39.8 Å². The summed E-state index contributed by atoms with van der Waals surface area (Å²) in [4.78, 5) is 2.06. The Balaban J connectivity index is 4.47. The van der Waals surface area contributed by atoms with E-state index in [9.17, 15) is 0 Å². The maximum absolute atomic E-state index is 9.01. The Labute approximate surface area is 93.9 Å². The summed E-state index contributed by atoms with van der Waals surface area (Å²) < 4.78 is 0. The molecule has 0 saturated carbocycles. The summed E-state index contributed by atoms with van der Waals surface area (Å²) in [5.74, 6) is 0.385. The van der Waals surface area contributed by atoms with Crippen LogP contribution in [0.3, 0.4) is 0 Å². The van der Waals surface area contributed by atoms with Gasteiger partial charge in [-0.05, 0) is 12.3 Å². The van der Waals surface area contributed by atoms with Gasteiger partial charge in [-0.15, -0.1) is 0 Å². The first kappa shape index (κ1) is 13.8. The molecule has 0 spiro atoms. The van der Waals surface area contributed by atoms with E-state index in [0.717, 1.165) is 25.1 Å². The number of rotatable bonds is 6. The summed E-state index contributed by atoms with van der Waals surface area (Å²) in [6.45, 7) is 11.2. The molecule has 2 heteroatoms. The van der Waals surface area contributed by atoms with E-state index in [2.05, 4.69) is 38.3 Å². The van der Waals surface area contributed by atoms with Crippen LogP contribution < -0.4 is 0 Å². The lowest BCUT2D eigenvalue weighted by atomic mass is 10.1. The van der Waals surface area contributed by atoms with Gasteiger partial charge < -0.3 is 4.90 Å². The molecule has 0 heterocycles. The number of likely N-dealkylation sites (N-methyl/N-ethyl adjacent to an activating group) is 1. The Bertz CT molecular complexity index is 269. The molecule has 0 aromatic rings. The van der Waals surface area contributed by atoms with Crippen molar-refractivity contribution in [1.29, 1.82) is 5.26 Å². The van der Waals surface area contributed by atoms with Crippen LogP contribution in [0.4, 0.5) is 0 Å². The van der Waals surface area contributed by atoms with Gasteiger partial charge in [0.25, 0.3) is 0 Å². The molecule has 0 atom stereocenters. The lowest BCUT2D eigenvalue weighted by molar-refractivity contribution is 0.416. The third-order valence-electron chi connectivity index (χ3n) is 2.24. The average Bonchev–Trinajstić information content (AvgIpc) is 2.21. The average molecular weight is 206 g/mol. The lowest BCUT2D eigenvalue weighted by Gasteiger charge is -2.21. The van der Waals surface area contributed by atoms with E-state index in [1.165, 1.54) is 0 Å². The molecule has 0 unspecified atom stereocenters. The lowest BCUT2D eigenvalue weighted by Crippen LogP contribution is -2.19. The molecular weight excluding hydrogens is 184 g/mol. The van der Waals surface area contributed by atoms with Gasteiger partial charge in [0.05, 0.1) is 5.57 Å². The zero-order chi connectivity index (χ0) is 11.8. The maximum atomic E-state index is 9.01. The third-order valence-corrected chi connectivity index (χ3v) is 2.24. The maximum Gasteiger partial charge on any atom is 0.101 e. The van der Waals surface area contributed by atoms with E-state index >= 15 is 0 Å². The Morgan fingerprint density at radius 1 is 1.53 bits per heavy atom. The second-order valence-corrected chi connectivity index (χ2v) is 4.16. The molecular formula is C13H22N2. The molecule has 0 saturated heterocycles. The highest BCUT2D eigenvalue weighted by Gasteiger charge is 2.07. The van der Waals surface area contributed by atoms with E-state index in [-0.39, 0.29) is 0 Å². The molecule has 0 bridgehead atoms. The van der Waals surface area contributed by atoms with Crippen molar-refractivity contribution in [3.8, 4) is 6.07 Å². The summed E-state index contributed by atoms with van der Waals surface area (Å²) in [6.07, 6.45) is 4.26. The predicted molar refractivity (Wildman–Crippen MR) is 65.2 cm³/mol. The van der Waals surface area contributed by atoms with Gasteiger partial charge in [0.2, 0.25) is 0 Å². The first-order valence-electron chi connectivity index (χ1n) is 5.55. The van der Waals surface area contributed by atoms with E-state index in [1.54, 1.807) is 0 Å². The fourth-order valence-corrected chi connectivity index (χ4v) is 1.27. The van der Waals surface area contributed by atoms with Crippen molar-refractivity contribution in [2.75, 3.05) is 13.6 Å². The van der Waals surface area contributed by atoms with Crippen molar-refractivity contribution < 1.29 is 0 Å². The number of allylic oxidation sites excluding steroid dienone is 2. The smallest absolute Gasteiger partial charge is 0.101 e. The van der Waals surface area contributed by atoms with Crippen LogP contribution in [0.25, 0.3) is 0 Å². The van der Waals surface area contributed by atoms with E-state index in [4.69, 9.17) is 5.26 Å². The molecule has 0 rings (SSSR count). The largest absolute Gasteiger partial charge is 0.374 e. The fourth-order valence-electron chi connectivity index (χ4n) is 1.27. The van der Waals surface area contributed by atoms with Gasteiger partial charge in [-0.3, -0.25) is 0 Å². The summed E-state index contributed by atoms with van der Waals surface area (Å²) in [7, 11) is 1.99. The second kappa shape index (κ2) is 7.11. The van der Waals surface area contributed by atoms with Crippen molar-refractivity contribution >= 4 is 0 Å². The Morgan fingerprint density at radius 2 is 2.13 bits per heavy atom. The number of hydrogen-bond acceptors (Lipinski definition) is 2. The minimum Gasteiger partial charge on any atom is -0.374 e. The summed E-state index contributed by atoms with van der Waals surface area (Å²) in [5.41, 5.74) is 1.53. The highest BCUT2D eigenvalue weighted by molar-refractivity contribution is 5.39. The molecule has 0 fully saturated rings. The standard InChI is InChI=1S/C13H22N2/c1-6-7-8-15(5)12(4)13(10-14)9-11(2)3/h9,11H,4,6-8H2,1-3,5H3/b13-9+. The molecule has 0 aromatic heterocycles. The Morgan fingerprint density at radius 3 is 2.53 bits per heavy atom. The molecule has 0 aliphatic carbocycles. The molecule has 0 aliphatic rings. The molecule has 0 amide bonds. The van der Waals surface area contributed by atoms with Crippen LogP contribution in [0.2, 0.25) is 0 Å². The van der Waals surface area contributed by atoms with Crippen LogP contribution in [0.15, 0.2) is 23.9 Å². The molecule has 0 radical (unpaired) electrons. The van der Waals surface area contributed by atoms with Crippen LogP contribution >= 0.6 is 0 Å². The molecule has 0 N–H and O–H groups in total. The molecule has 0 aromatic carbocycles. The quantitative estimate of drug-likeness (QED) is 0.492. The normalized spacial score (nSPS) is 11.3. The summed E-state index contributed by atoms with van der Waals surface area (Å²) >= 11 is 0. The first-order valence-corrected chi connectivity index (χ1v) is 5.55. The van der Waals surface area contributed by atoms with Crippen LogP contribution in [-0.2, 0) is 0 Å². The van der Waals surface area contributed by atoms with Crippen molar-refractivity contribution in [2.24, 2.45) is 5.92 Å². The van der Waals surface area contributed by atoms with Crippen molar-refractivity contribution in [1.82, 2.24) is 4.90 Å². The predicted octanol–water partition coefficient (Wildman–Crippen LogP) is 3.34. The van der Waals surface area contributed by atoms with Gasteiger partial charge in [0, 0.05) is 19.3 Å². The molecule has 0 aliphatic heterocycles. The van der Waals surface area contributed by atoms with Crippen molar-refractivity contribution in [3.05, 3.63) is 23.9 Å². The molecule has 84 valence electrons. The van der Waals surface area contributed by atoms with E-state index in [0.29, 0.717) is 11.5 Å². The van der Waals surface area contributed by atoms with E-state index in [1.807, 2.05) is 13.1 Å². The summed E-state index contributed by atoms with van der Waals surface area (Å²) in [6, 6.07) is 2.21. The fraction of sp³-hybridized carbons (Fsp3) is 0.615. The number of nitriles is 1. The zero-order valence-corrected chi connectivity index (χ0v) is 10.4. The topological polar surface area (TPSA) is 27.0 Å². The van der Waals surface area contributed by atoms with Crippen LogP contribution in [0.1, 0.15) is 33.6 Å². The highest BCUT2D eigenvalue weighted by Crippen LogP contribution is 2.14. The SMILES string of the molecule is C=C(/C(C#N)=C/C(C)C)N(C)CCCC. The summed E-state index contributed by atoms with van der Waals surface area (Å²) in [5, 5.41) is 9.01. The van der Waals surface area contributed by atoms with Crippen LogP contribution in [-0.4, -0.2) is 18.5 Å². The van der Waals surface area contributed by atoms with Crippen LogP contribution in [0.5, 0.6) is 0 Å². The zero-order valence-electron chi connectivity index (χ0n) is 10.4. The third kappa shape index (κ3) is 5.27. The van der Waals surface area contributed by atoms with Crippen molar-refractivity contribution in [2.45, 2.75) is 33.6 Å². The van der Waals surface area contributed by atoms with Crippen LogP contribution in [0, 0.1) is 17.2 Å². The number of hydrogen-bond donors (Lipinski definition) is 0. The molecule has 2 nitrogen and oxygen atoms in total. The molecule has 15 heavy (non-hydrogen) atoms. The van der Waals surface area contributed by atoms with Crippen molar-refractivity contribution in [3.63, 3.8) is 0 Å². The Hall–Kier alpha value is -1.23. The van der Waals surface area contributed by atoms with Gasteiger partial charge in [0.1, 0.15) is 6.07 Å². The van der Waals surface area contributed by atoms with Gasteiger partial charge in [-0.2, -0.15) is 5.26 Å². The monoisotopic (exact) mass is 206 g/mol. The Kier molecular flexibility index (Phi) is 6.53. The number of unbranched alkanes of at least 4 members (excludes halogenated alkanes) is 1. The minimum atomic E-state index is 0.385. The number of nitrogens with zero attached hydrogens (tertiary/aromatic N) is 2.